The number of ketones is 1. The molecule has 0 aromatic heterocycles. The van der Waals surface area contributed by atoms with Gasteiger partial charge in [-0.3, -0.25) is 4.79 Å². The van der Waals surface area contributed by atoms with Gasteiger partial charge in [-0.2, -0.15) is 0 Å². The summed E-state index contributed by atoms with van der Waals surface area (Å²) in [4.78, 5) is 12.5. The van der Waals surface area contributed by atoms with Crippen molar-refractivity contribution in [1.29, 1.82) is 0 Å². The Morgan fingerprint density at radius 3 is 2.41 bits per heavy atom. The molecular formula is C21H34O. The number of fused-ring (bicyclic) bond motifs is 5. The van der Waals surface area contributed by atoms with Gasteiger partial charge in [-0.15, -0.1) is 0 Å². The third-order valence-electron chi connectivity index (χ3n) is 9.13. The summed E-state index contributed by atoms with van der Waals surface area (Å²) in [5.74, 6) is 4.02. The van der Waals surface area contributed by atoms with Crippen LogP contribution >= 0.6 is 0 Å². The van der Waals surface area contributed by atoms with Crippen molar-refractivity contribution in [2.75, 3.05) is 0 Å². The number of rotatable bonds is 0. The summed E-state index contributed by atoms with van der Waals surface area (Å²) >= 11 is 0. The molecule has 0 amide bonds. The Bertz CT molecular complexity index is 492. The fourth-order valence-corrected chi connectivity index (χ4v) is 7.89. The van der Waals surface area contributed by atoms with E-state index < -0.39 is 0 Å². The van der Waals surface area contributed by atoms with E-state index in [1.54, 1.807) is 0 Å². The predicted octanol–water partition coefficient (Wildman–Crippen LogP) is 5.62. The van der Waals surface area contributed by atoms with Gasteiger partial charge in [-0.05, 0) is 79.4 Å². The molecule has 4 aliphatic rings. The second-order valence-electron chi connectivity index (χ2n) is 10.2. The molecule has 4 rings (SSSR count). The average Bonchev–Trinajstić information content (AvgIpc) is 2.85. The minimum Gasteiger partial charge on any atom is -0.299 e. The van der Waals surface area contributed by atoms with Gasteiger partial charge in [-0.1, -0.05) is 34.1 Å². The van der Waals surface area contributed by atoms with Crippen LogP contribution in [0.25, 0.3) is 0 Å². The van der Waals surface area contributed by atoms with Crippen LogP contribution in [0.1, 0.15) is 85.5 Å². The molecule has 0 heterocycles. The van der Waals surface area contributed by atoms with Crippen LogP contribution < -0.4 is 0 Å². The van der Waals surface area contributed by atoms with E-state index in [-0.39, 0.29) is 5.41 Å². The van der Waals surface area contributed by atoms with E-state index in [2.05, 4.69) is 27.7 Å². The molecule has 124 valence electrons. The lowest BCUT2D eigenvalue weighted by molar-refractivity contribution is -0.162. The normalized spacial score (nSPS) is 53.5. The SMILES string of the molecule is CC1(C)C(=O)CC[C@]2(C)[C@@H]3CC[C@@]4(C)CCC[C@@H]4[C@@H]3CC[C@@H]12. The van der Waals surface area contributed by atoms with Crippen molar-refractivity contribution in [2.45, 2.75) is 85.5 Å². The van der Waals surface area contributed by atoms with E-state index in [9.17, 15) is 4.79 Å². The maximum Gasteiger partial charge on any atom is 0.138 e. The summed E-state index contributed by atoms with van der Waals surface area (Å²) in [6.45, 7) is 9.66. The summed E-state index contributed by atoms with van der Waals surface area (Å²) in [6, 6.07) is 0. The van der Waals surface area contributed by atoms with E-state index in [4.69, 9.17) is 0 Å². The van der Waals surface area contributed by atoms with Crippen LogP contribution in [0.2, 0.25) is 0 Å². The Morgan fingerprint density at radius 1 is 0.864 bits per heavy atom. The van der Waals surface area contributed by atoms with Crippen molar-refractivity contribution in [3.05, 3.63) is 0 Å². The van der Waals surface area contributed by atoms with Gasteiger partial charge < -0.3 is 0 Å². The third-order valence-corrected chi connectivity index (χ3v) is 9.13. The highest BCUT2D eigenvalue weighted by Crippen LogP contribution is 2.68. The highest BCUT2D eigenvalue weighted by molar-refractivity contribution is 5.85. The van der Waals surface area contributed by atoms with Gasteiger partial charge in [0.1, 0.15) is 5.78 Å². The summed E-state index contributed by atoms with van der Waals surface area (Å²) in [6.07, 6.45) is 12.0. The Balaban J connectivity index is 1.68. The van der Waals surface area contributed by atoms with Crippen molar-refractivity contribution in [3.63, 3.8) is 0 Å². The molecule has 22 heavy (non-hydrogen) atoms. The number of Topliss-reactive ketones (excluding diaryl/α,β-unsaturated/α-hetero) is 1. The number of hydrogen-bond acceptors (Lipinski definition) is 1. The van der Waals surface area contributed by atoms with Crippen LogP contribution in [0.3, 0.4) is 0 Å². The standard InChI is InChI=1S/C21H34O/c1-19(2)17-8-7-14-15-6-5-11-20(15,3)12-9-16(14)21(17,4)13-10-18(19)22/h14-17H,5-13H2,1-4H3/t14-,15+,16+,17-,20+,21+/m0/s1. The fraction of sp³-hybridized carbons (Fsp3) is 0.952. The topological polar surface area (TPSA) is 17.1 Å². The first-order valence-electron chi connectivity index (χ1n) is 9.82. The third kappa shape index (κ3) is 1.80. The molecular weight excluding hydrogens is 268 g/mol. The van der Waals surface area contributed by atoms with E-state index in [1.165, 1.54) is 51.4 Å². The molecule has 0 N–H and O–H groups in total. The minimum absolute atomic E-state index is 0.0750. The lowest BCUT2D eigenvalue weighted by Gasteiger charge is -2.62. The lowest BCUT2D eigenvalue weighted by atomic mass is 9.41. The molecule has 4 aliphatic carbocycles. The van der Waals surface area contributed by atoms with Gasteiger partial charge in [0.2, 0.25) is 0 Å². The van der Waals surface area contributed by atoms with E-state index in [1.807, 2.05) is 0 Å². The molecule has 0 saturated heterocycles. The molecule has 0 aliphatic heterocycles. The second-order valence-corrected chi connectivity index (χ2v) is 10.2. The monoisotopic (exact) mass is 302 g/mol. The predicted molar refractivity (Wildman–Crippen MR) is 90.5 cm³/mol. The molecule has 4 fully saturated rings. The Kier molecular flexibility index (Phi) is 3.18. The Hall–Kier alpha value is -0.330. The molecule has 0 bridgehead atoms. The van der Waals surface area contributed by atoms with Gasteiger partial charge in [0.15, 0.2) is 0 Å². The van der Waals surface area contributed by atoms with E-state index in [0.717, 1.165) is 24.2 Å². The molecule has 6 atom stereocenters. The molecule has 0 unspecified atom stereocenters. The van der Waals surface area contributed by atoms with Gasteiger partial charge >= 0.3 is 0 Å². The summed E-state index contributed by atoms with van der Waals surface area (Å²) in [5.41, 5.74) is 1.02. The summed E-state index contributed by atoms with van der Waals surface area (Å²) in [5, 5.41) is 0. The van der Waals surface area contributed by atoms with Gasteiger partial charge in [0, 0.05) is 11.8 Å². The van der Waals surface area contributed by atoms with Crippen molar-refractivity contribution < 1.29 is 4.79 Å². The lowest BCUT2D eigenvalue weighted by Crippen LogP contribution is -2.57. The van der Waals surface area contributed by atoms with E-state index in [0.29, 0.717) is 22.5 Å². The van der Waals surface area contributed by atoms with Crippen LogP contribution in [0.4, 0.5) is 0 Å². The zero-order chi connectivity index (χ0) is 15.8. The molecule has 0 aromatic carbocycles. The first-order chi connectivity index (χ1) is 10.3. The highest BCUT2D eigenvalue weighted by atomic mass is 16.1. The zero-order valence-corrected chi connectivity index (χ0v) is 15.1. The van der Waals surface area contributed by atoms with Crippen LogP contribution in [0.15, 0.2) is 0 Å². The molecule has 1 heteroatoms. The number of hydrogen-bond donors (Lipinski definition) is 0. The van der Waals surface area contributed by atoms with Crippen molar-refractivity contribution >= 4 is 5.78 Å². The molecule has 0 radical (unpaired) electrons. The molecule has 4 saturated carbocycles. The summed E-state index contributed by atoms with van der Waals surface area (Å²) < 4.78 is 0. The molecule has 1 nitrogen and oxygen atoms in total. The second kappa shape index (κ2) is 4.61. The van der Waals surface area contributed by atoms with Gasteiger partial charge in [0.05, 0.1) is 0 Å². The summed E-state index contributed by atoms with van der Waals surface area (Å²) in [7, 11) is 0. The van der Waals surface area contributed by atoms with Crippen LogP contribution in [-0.4, -0.2) is 5.78 Å². The zero-order valence-electron chi connectivity index (χ0n) is 15.1. The van der Waals surface area contributed by atoms with Crippen molar-refractivity contribution in [3.8, 4) is 0 Å². The quantitative estimate of drug-likeness (QED) is 0.567. The van der Waals surface area contributed by atoms with Gasteiger partial charge in [-0.25, -0.2) is 0 Å². The first kappa shape index (κ1) is 15.2. The minimum atomic E-state index is -0.0750. The van der Waals surface area contributed by atoms with Crippen LogP contribution in [0.5, 0.6) is 0 Å². The maximum atomic E-state index is 12.5. The average molecular weight is 303 g/mol. The van der Waals surface area contributed by atoms with E-state index >= 15 is 0 Å². The molecule has 0 spiro atoms. The maximum absolute atomic E-state index is 12.5. The number of carbonyl (C=O) groups is 1. The molecule has 0 aromatic rings. The van der Waals surface area contributed by atoms with Crippen LogP contribution in [-0.2, 0) is 4.79 Å². The van der Waals surface area contributed by atoms with Crippen molar-refractivity contribution in [2.24, 2.45) is 39.9 Å². The first-order valence-corrected chi connectivity index (χ1v) is 9.82. The van der Waals surface area contributed by atoms with Crippen molar-refractivity contribution in [1.82, 2.24) is 0 Å². The fourth-order valence-electron chi connectivity index (χ4n) is 7.89. The van der Waals surface area contributed by atoms with Gasteiger partial charge in [0.25, 0.3) is 0 Å². The highest BCUT2D eigenvalue weighted by Gasteiger charge is 2.61. The smallest absolute Gasteiger partial charge is 0.138 e. The Morgan fingerprint density at radius 2 is 1.64 bits per heavy atom. The van der Waals surface area contributed by atoms with Crippen LogP contribution in [0, 0.1) is 39.9 Å². The largest absolute Gasteiger partial charge is 0.299 e. The number of carbonyl (C=O) groups excluding carboxylic acids is 1. The Labute approximate surface area is 136 Å².